The molecule has 1 unspecified atom stereocenters. The smallest absolute Gasteiger partial charge is 0.118 e. The Balaban J connectivity index is 1.66. The van der Waals surface area contributed by atoms with Crippen LogP contribution in [0.4, 0.5) is 0 Å². The summed E-state index contributed by atoms with van der Waals surface area (Å²) in [6, 6.07) is 28.3. The molecule has 0 fully saturated rings. The molecule has 0 heterocycles. The Morgan fingerprint density at radius 1 is 0.808 bits per heavy atom. The maximum absolute atomic E-state index is 10.9. The van der Waals surface area contributed by atoms with E-state index in [0.29, 0.717) is 13.1 Å². The molecule has 3 nitrogen and oxygen atoms in total. The van der Waals surface area contributed by atoms with Crippen LogP contribution in [0.15, 0.2) is 84.9 Å². The zero-order valence-corrected chi connectivity index (χ0v) is 15.0. The summed E-state index contributed by atoms with van der Waals surface area (Å²) in [7, 11) is 1.66. The highest BCUT2D eigenvalue weighted by molar-refractivity contribution is 5.34. The van der Waals surface area contributed by atoms with E-state index < -0.39 is 6.10 Å². The van der Waals surface area contributed by atoms with E-state index in [4.69, 9.17) is 4.74 Å². The quantitative estimate of drug-likeness (QED) is 0.648. The van der Waals surface area contributed by atoms with Gasteiger partial charge in [-0.1, -0.05) is 72.8 Å². The third-order valence-electron chi connectivity index (χ3n) is 4.54. The minimum Gasteiger partial charge on any atom is -0.497 e. The van der Waals surface area contributed by atoms with Crippen LogP contribution in [-0.2, 0) is 6.54 Å². The van der Waals surface area contributed by atoms with Crippen LogP contribution >= 0.6 is 0 Å². The van der Waals surface area contributed by atoms with Gasteiger partial charge in [0.25, 0.3) is 0 Å². The number of aliphatic hydroxyl groups excluding tert-OH is 1. The van der Waals surface area contributed by atoms with Crippen LogP contribution in [0.5, 0.6) is 5.75 Å². The molecule has 3 aromatic carbocycles. The molecule has 3 rings (SSSR count). The van der Waals surface area contributed by atoms with Gasteiger partial charge < -0.3 is 15.2 Å². The number of ether oxygens (including phenoxy) is 1. The minimum absolute atomic E-state index is 0.0548. The first-order chi connectivity index (χ1) is 12.8. The molecule has 0 amide bonds. The van der Waals surface area contributed by atoms with E-state index in [1.165, 1.54) is 0 Å². The second-order valence-corrected chi connectivity index (χ2v) is 6.35. The number of rotatable bonds is 8. The number of nitrogens with one attached hydrogen (secondary N) is 1. The van der Waals surface area contributed by atoms with Gasteiger partial charge in [-0.3, -0.25) is 0 Å². The number of hydrogen-bond donors (Lipinski definition) is 2. The zero-order valence-electron chi connectivity index (χ0n) is 15.0. The molecule has 1 atom stereocenters. The van der Waals surface area contributed by atoms with Gasteiger partial charge in [0.1, 0.15) is 5.75 Å². The molecule has 3 aromatic rings. The van der Waals surface area contributed by atoms with Gasteiger partial charge in [-0.05, 0) is 28.8 Å². The predicted molar refractivity (Wildman–Crippen MR) is 105 cm³/mol. The van der Waals surface area contributed by atoms with Gasteiger partial charge in [-0.15, -0.1) is 0 Å². The fourth-order valence-corrected chi connectivity index (χ4v) is 3.18. The zero-order chi connectivity index (χ0) is 18.2. The predicted octanol–water partition coefficient (Wildman–Crippen LogP) is 3.98. The topological polar surface area (TPSA) is 41.5 Å². The Kier molecular flexibility index (Phi) is 6.42. The summed E-state index contributed by atoms with van der Waals surface area (Å²) in [5.41, 5.74) is 3.41. The van der Waals surface area contributed by atoms with Gasteiger partial charge >= 0.3 is 0 Å². The van der Waals surface area contributed by atoms with Gasteiger partial charge in [-0.2, -0.15) is 0 Å². The average Bonchev–Trinajstić information content (AvgIpc) is 2.70. The van der Waals surface area contributed by atoms with Crippen LogP contribution in [0.3, 0.4) is 0 Å². The van der Waals surface area contributed by atoms with Crippen molar-refractivity contribution in [1.29, 1.82) is 0 Å². The summed E-state index contributed by atoms with van der Waals surface area (Å²) in [4.78, 5) is 0. The summed E-state index contributed by atoms with van der Waals surface area (Å²) in [6.45, 7) is 1.22. The largest absolute Gasteiger partial charge is 0.497 e. The molecule has 0 radical (unpaired) electrons. The number of aliphatic hydroxyl groups is 1. The lowest BCUT2D eigenvalue weighted by molar-refractivity contribution is 0.153. The Hall–Kier alpha value is -2.62. The summed E-state index contributed by atoms with van der Waals surface area (Å²) in [5.74, 6) is 0.794. The maximum Gasteiger partial charge on any atom is 0.118 e. The van der Waals surface area contributed by atoms with Crippen molar-refractivity contribution in [2.45, 2.75) is 18.6 Å². The molecule has 0 aliphatic heterocycles. The van der Waals surface area contributed by atoms with E-state index >= 15 is 0 Å². The normalized spacial score (nSPS) is 12.1. The first-order valence-corrected chi connectivity index (χ1v) is 8.89. The van der Waals surface area contributed by atoms with Gasteiger partial charge in [0.05, 0.1) is 13.2 Å². The first kappa shape index (κ1) is 18.2. The SMILES string of the molecule is COc1ccc(CNCC(O)C(c2ccccc2)c2ccccc2)cc1. The molecular formula is C23H25NO2. The lowest BCUT2D eigenvalue weighted by Crippen LogP contribution is -2.32. The van der Waals surface area contributed by atoms with Gasteiger partial charge in [0.15, 0.2) is 0 Å². The van der Waals surface area contributed by atoms with Crippen LogP contribution < -0.4 is 10.1 Å². The van der Waals surface area contributed by atoms with E-state index in [-0.39, 0.29) is 5.92 Å². The Morgan fingerprint density at radius 2 is 1.35 bits per heavy atom. The van der Waals surface area contributed by atoms with Crippen LogP contribution in [0.2, 0.25) is 0 Å². The standard InChI is InChI=1S/C23H25NO2/c1-26-21-14-12-18(13-15-21)16-24-17-22(25)23(19-8-4-2-5-9-19)20-10-6-3-7-11-20/h2-15,22-25H,16-17H2,1H3. The van der Waals surface area contributed by atoms with Crippen molar-refractivity contribution in [3.8, 4) is 5.75 Å². The molecule has 0 spiro atoms. The average molecular weight is 347 g/mol. The van der Waals surface area contributed by atoms with Crippen molar-refractivity contribution in [3.63, 3.8) is 0 Å². The number of hydrogen-bond acceptors (Lipinski definition) is 3. The summed E-state index contributed by atoms with van der Waals surface area (Å²) in [5, 5.41) is 14.3. The molecule has 0 saturated heterocycles. The summed E-state index contributed by atoms with van der Waals surface area (Å²) in [6.07, 6.45) is -0.516. The van der Waals surface area contributed by atoms with Crippen molar-refractivity contribution in [2.24, 2.45) is 0 Å². The van der Waals surface area contributed by atoms with E-state index in [1.54, 1.807) is 7.11 Å². The van der Waals surface area contributed by atoms with Crippen LogP contribution in [0.25, 0.3) is 0 Å². The molecule has 0 aliphatic carbocycles. The second-order valence-electron chi connectivity index (χ2n) is 6.35. The van der Waals surface area contributed by atoms with E-state index in [0.717, 1.165) is 22.4 Å². The highest BCUT2D eigenvalue weighted by Gasteiger charge is 2.22. The number of benzene rings is 3. The Bertz CT molecular complexity index is 733. The van der Waals surface area contributed by atoms with Crippen molar-refractivity contribution < 1.29 is 9.84 Å². The highest BCUT2D eigenvalue weighted by atomic mass is 16.5. The Labute approximate surface area is 155 Å². The third-order valence-corrected chi connectivity index (χ3v) is 4.54. The van der Waals surface area contributed by atoms with E-state index in [9.17, 15) is 5.11 Å². The molecule has 134 valence electrons. The summed E-state index contributed by atoms with van der Waals surface area (Å²) >= 11 is 0. The molecule has 26 heavy (non-hydrogen) atoms. The Morgan fingerprint density at radius 3 is 1.85 bits per heavy atom. The molecule has 2 N–H and O–H groups in total. The van der Waals surface area contributed by atoms with Gasteiger partial charge in [0.2, 0.25) is 0 Å². The molecule has 0 saturated carbocycles. The molecule has 0 aromatic heterocycles. The van der Waals surface area contributed by atoms with E-state index in [2.05, 4.69) is 29.6 Å². The van der Waals surface area contributed by atoms with Crippen LogP contribution in [-0.4, -0.2) is 24.9 Å². The lowest BCUT2D eigenvalue weighted by atomic mass is 9.86. The van der Waals surface area contributed by atoms with Crippen LogP contribution in [0, 0.1) is 0 Å². The lowest BCUT2D eigenvalue weighted by Gasteiger charge is -2.24. The number of methoxy groups -OCH3 is 1. The van der Waals surface area contributed by atoms with Crippen molar-refractivity contribution in [1.82, 2.24) is 5.32 Å². The van der Waals surface area contributed by atoms with Gasteiger partial charge in [0, 0.05) is 19.0 Å². The minimum atomic E-state index is -0.516. The maximum atomic E-state index is 10.9. The third kappa shape index (κ3) is 4.72. The second kappa shape index (κ2) is 9.18. The molecule has 0 aliphatic rings. The van der Waals surface area contributed by atoms with Crippen molar-refractivity contribution in [2.75, 3.05) is 13.7 Å². The fourth-order valence-electron chi connectivity index (χ4n) is 3.18. The summed E-state index contributed by atoms with van der Waals surface area (Å²) < 4.78 is 5.18. The van der Waals surface area contributed by atoms with Crippen molar-refractivity contribution in [3.05, 3.63) is 102 Å². The molecule has 3 heteroatoms. The molecule has 0 bridgehead atoms. The van der Waals surface area contributed by atoms with E-state index in [1.807, 2.05) is 60.7 Å². The van der Waals surface area contributed by atoms with Gasteiger partial charge in [-0.25, -0.2) is 0 Å². The fraction of sp³-hybridized carbons (Fsp3) is 0.217. The first-order valence-electron chi connectivity index (χ1n) is 8.89. The van der Waals surface area contributed by atoms with Crippen molar-refractivity contribution >= 4 is 0 Å². The molecular weight excluding hydrogens is 322 g/mol. The van der Waals surface area contributed by atoms with Crippen LogP contribution in [0.1, 0.15) is 22.6 Å². The monoisotopic (exact) mass is 347 g/mol. The highest BCUT2D eigenvalue weighted by Crippen LogP contribution is 2.27.